The molecule has 1 amide bonds. The van der Waals surface area contributed by atoms with Crippen molar-refractivity contribution in [2.24, 2.45) is 0 Å². The first-order valence-corrected chi connectivity index (χ1v) is 7.24. The molecule has 110 valence electrons. The SMILES string of the molecule is Cc1cc(Br)cc(F)c1CNC(=O)OCc1ccccc1. The van der Waals surface area contributed by atoms with Crippen LogP contribution in [0.2, 0.25) is 0 Å². The lowest BCUT2D eigenvalue weighted by Crippen LogP contribution is -2.24. The molecule has 0 radical (unpaired) electrons. The molecule has 0 unspecified atom stereocenters. The molecule has 2 aromatic rings. The van der Waals surface area contributed by atoms with Crippen molar-refractivity contribution in [3.63, 3.8) is 0 Å². The van der Waals surface area contributed by atoms with Crippen LogP contribution in [-0.4, -0.2) is 6.09 Å². The normalized spacial score (nSPS) is 10.2. The Morgan fingerprint density at radius 2 is 2.00 bits per heavy atom. The minimum atomic E-state index is -0.569. The van der Waals surface area contributed by atoms with Gasteiger partial charge in [-0.15, -0.1) is 0 Å². The number of ether oxygens (including phenoxy) is 1. The van der Waals surface area contributed by atoms with E-state index in [9.17, 15) is 9.18 Å². The summed E-state index contributed by atoms with van der Waals surface area (Å²) >= 11 is 3.23. The van der Waals surface area contributed by atoms with Crippen molar-refractivity contribution in [1.82, 2.24) is 5.32 Å². The van der Waals surface area contributed by atoms with Gasteiger partial charge in [-0.3, -0.25) is 0 Å². The van der Waals surface area contributed by atoms with Crippen LogP contribution in [0.4, 0.5) is 9.18 Å². The molecule has 0 aliphatic rings. The topological polar surface area (TPSA) is 38.3 Å². The fourth-order valence-electron chi connectivity index (χ4n) is 1.89. The van der Waals surface area contributed by atoms with Crippen LogP contribution in [-0.2, 0) is 17.9 Å². The smallest absolute Gasteiger partial charge is 0.407 e. The van der Waals surface area contributed by atoms with Gasteiger partial charge in [0.1, 0.15) is 12.4 Å². The van der Waals surface area contributed by atoms with Crippen LogP contribution in [0.1, 0.15) is 16.7 Å². The van der Waals surface area contributed by atoms with E-state index in [2.05, 4.69) is 21.2 Å². The molecule has 0 aliphatic heterocycles. The third-order valence-corrected chi connectivity index (χ3v) is 3.46. The Morgan fingerprint density at radius 3 is 2.67 bits per heavy atom. The van der Waals surface area contributed by atoms with Gasteiger partial charge in [0.2, 0.25) is 0 Å². The predicted molar refractivity (Wildman–Crippen MR) is 82.3 cm³/mol. The Morgan fingerprint density at radius 1 is 1.29 bits per heavy atom. The molecule has 0 saturated heterocycles. The third kappa shape index (κ3) is 4.56. The molecule has 0 bridgehead atoms. The van der Waals surface area contributed by atoms with Gasteiger partial charge in [0.25, 0.3) is 0 Å². The Balaban J connectivity index is 1.87. The van der Waals surface area contributed by atoms with Gasteiger partial charge in [-0.05, 0) is 30.2 Å². The van der Waals surface area contributed by atoms with Crippen molar-refractivity contribution >= 4 is 22.0 Å². The number of rotatable bonds is 4. The van der Waals surface area contributed by atoms with Crippen molar-refractivity contribution in [3.8, 4) is 0 Å². The van der Waals surface area contributed by atoms with Crippen LogP contribution < -0.4 is 5.32 Å². The predicted octanol–water partition coefficient (Wildman–Crippen LogP) is 4.32. The van der Waals surface area contributed by atoms with Crippen molar-refractivity contribution in [3.05, 3.63) is 69.4 Å². The third-order valence-electron chi connectivity index (χ3n) is 3.01. The lowest BCUT2D eigenvalue weighted by Gasteiger charge is -2.10. The number of hydrogen-bond donors (Lipinski definition) is 1. The molecule has 2 rings (SSSR count). The monoisotopic (exact) mass is 351 g/mol. The number of halogens is 2. The van der Waals surface area contributed by atoms with Crippen LogP contribution >= 0.6 is 15.9 Å². The second kappa shape index (κ2) is 7.22. The average Bonchev–Trinajstić information content (AvgIpc) is 2.45. The second-order valence-electron chi connectivity index (χ2n) is 4.60. The van der Waals surface area contributed by atoms with Gasteiger partial charge in [0.15, 0.2) is 0 Å². The lowest BCUT2D eigenvalue weighted by atomic mass is 10.1. The molecule has 3 nitrogen and oxygen atoms in total. The fraction of sp³-hybridized carbons (Fsp3) is 0.188. The van der Waals surface area contributed by atoms with Gasteiger partial charge in [0.05, 0.1) is 0 Å². The Kier molecular flexibility index (Phi) is 5.33. The van der Waals surface area contributed by atoms with E-state index < -0.39 is 6.09 Å². The molecule has 0 aliphatic carbocycles. The lowest BCUT2D eigenvalue weighted by molar-refractivity contribution is 0.139. The fourth-order valence-corrected chi connectivity index (χ4v) is 2.44. The first kappa shape index (κ1) is 15.5. The van der Waals surface area contributed by atoms with Crippen molar-refractivity contribution in [2.45, 2.75) is 20.1 Å². The highest BCUT2D eigenvalue weighted by molar-refractivity contribution is 9.10. The molecule has 21 heavy (non-hydrogen) atoms. The van der Waals surface area contributed by atoms with Crippen molar-refractivity contribution in [1.29, 1.82) is 0 Å². The minimum absolute atomic E-state index is 0.0958. The Hall–Kier alpha value is -1.88. The number of benzene rings is 2. The number of carbonyl (C=O) groups excluding carboxylic acids is 1. The maximum Gasteiger partial charge on any atom is 0.407 e. The van der Waals surface area contributed by atoms with Gasteiger partial charge >= 0.3 is 6.09 Å². The summed E-state index contributed by atoms with van der Waals surface area (Å²) in [6.45, 7) is 2.08. The van der Waals surface area contributed by atoms with E-state index >= 15 is 0 Å². The summed E-state index contributed by atoms with van der Waals surface area (Å²) in [6.07, 6.45) is -0.569. The van der Waals surface area contributed by atoms with Crippen molar-refractivity contribution in [2.75, 3.05) is 0 Å². The summed E-state index contributed by atoms with van der Waals surface area (Å²) < 4.78 is 19.5. The highest BCUT2D eigenvalue weighted by Gasteiger charge is 2.09. The Bertz CT molecular complexity index is 608. The van der Waals surface area contributed by atoms with Crippen LogP contribution in [0.3, 0.4) is 0 Å². The van der Waals surface area contributed by atoms with E-state index in [0.717, 1.165) is 11.1 Å². The standard InChI is InChI=1S/C16H15BrFNO2/c1-11-7-13(17)8-15(18)14(11)9-19-16(20)21-10-12-5-3-2-4-6-12/h2-8H,9-10H2,1H3,(H,19,20). The van der Waals surface area contributed by atoms with Gasteiger partial charge in [-0.25, -0.2) is 9.18 Å². The highest BCUT2D eigenvalue weighted by Crippen LogP contribution is 2.19. The molecule has 1 N–H and O–H groups in total. The summed E-state index contributed by atoms with van der Waals surface area (Å²) in [5.74, 6) is -0.356. The highest BCUT2D eigenvalue weighted by atomic mass is 79.9. The van der Waals surface area contributed by atoms with Crippen LogP contribution in [0.25, 0.3) is 0 Å². The zero-order valence-electron chi connectivity index (χ0n) is 11.5. The van der Waals surface area contributed by atoms with Crippen molar-refractivity contribution < 1.29 is 13.9 Å². The maximum absolute atomic E-state index is 13.8. The van der Waals surface area contributed by atoms with Crippen LogP contribution in [0, 0.1) is 12.7 Å². The summed E-state index contributed by atoms with van der Waals surface area (Å²) in [5.41, 5.74) is 2.12. The van der Waals surface area contributed by atoms with E-state index in [0.29, 0.717) is 10.0 Å². The minimum Gasteiger partial charge on any atom is -0.445 e. The number of carbonyl (C=O) groups is 1. The molecular formula is C16H15BrFNO2. The van der Waals surface area contributed by atoms with Gasteiger partial charge in [-0.2, -0.15) is 0 Å². The molecular weight excluding hydrogens is 337 g/mol. The van der Waals surface area contributed by atoms with E-state index in [1.807, 2.05) is 30.3 Å². The quantitative estimate of drug-likeness (QED) is 0.890. The number of aryl methyl sites for hydroxylation is 1. The van der Waals surface area contributed by atoms with Crippen LogP contribution in [0.5, 0.6) is 0 Å². The summed E-state index contributed by atoms with van der Waals surface area (Å²) in [6, 6.07) is 12.5. The zero-order valence-corrected chi connectivity index (χ0v) is 13.1. The second-order valence-corrected chi connectivity index (χ2v) is 5.51. The first-order chi connectivity index (χ1) is 10.1. The largest absolute Gasteiger partial charge is 0.445 e. The number of alkyl carbamates (subject to hydrolysis) is 1. The van der Waals surface area contributed by atoms with Gasteiger partial charge < -0.3 is 10.1 Å². The zero-order chi connectivity index (χ0) is 15.2. The summed E-state index contributed by atoms with van der Waals surface area (Å²) in [5, 5.41) is 2.55. The molecule has 0 saturated carbocycles. The van der Waals surface area contributed by atoms with E-state index in [1.165, 1.54) is 6.07 Å². The molecule has 0 heterocycles. The molecule has 0 aromatic heterocycles. The summed E-state index contributed by atoms with van der Waals surface area (Å²) in [7, 11) is 0. The molecule has 5 heteroatoms. The van der Waals surface area contributed by atoms with Gasteiger partial charge in [0, 0.05) is 16.6 Å². The molecule has 0 atom stereocenters. The number of hydrogen-bond acceptors (Lipinski definition) is 2. The molecule has 0 spiro atoms. The van der Waals surface area contributed by atoms with Crippen LogP contribution in [0.15, 0.2) is 46.9 Å². The molecule has 2 aromatic carbocycles. The van der Waals surface area contributed by atoms with E-state index in [-0.39, 0.29) is 19.0 Å². The average molecular weight is 352 g/mol. The number of nitrogens with one attached hydrogen (secondary N) is 1. The molecule has 0 fully saturated rings. The number of amides is 1. The first-order valence-electron chi connectivity index (χ1n) is 6.45. The Labute approximate surface area is 131 Å². The summed E-state index contributed by atoms with van der Waals surface area (Å²) in [4.78, 5) is 11.6. The maximum atomic E-state index is 13.8. The van der Waals surface area contributed by atoms with E-state index in [4.69, 9.17) is 4.74 Å². The van der Waals surface area contributed by atoms with Gasteiger partial charge in [-0.1, -0.05) is 46.3 Å². The van der Waals surface area contributed by atoms with E-state index in [1.54, 1.807) is 13.0 Å².